The van der Waals surface area contributed by atoms with Gasteiger partial charge in [-0.15, -0.1) is 0 Å². The first-order chi connectivity index (χ1) is 17.2. The first kappa shape index (κ1) is 27.6. The molecule has 1 aromatic heterocycles. The molecule has 0 spiro atoms. The van der Waals surface area contributed by atoms with Gasteiger partial charge in [-0.3, -0.25) is 4.90 Å². The second-order valence-electron chi connectivity index (χ2n) is 9.56. The molecule has 0 atom stereocenters. The third kappa shape index (κ3) is 8.60. The van der Waals surface area contributed by atoms with Crippen molar-refractivity contribution in [3.63, 3.8) is 0 Å². The molecule has 0 aliphatic carbocycles. The molecule has 0 bridgehead atoms. The van der Waals surface area contributed by atoms with E-state index in [4.69, 9.17) is 25.8 Å². The number of carbonyl (C=O) groups excluding carboxylic acids is 1. The van der Waals surface area contributed by atoms with Crippen molar-refractivity contribution >= 4 is 29.2 Å². The summed E-state index contributed by atoms with van der Waals surface area (Å²) in [5, 5.41) is 6.95. The maximum Gasteiger partial charge on any atom is 0.410 e. The highest BCUT2D eigenvalue weighted by atomic mass is 35.5. The molecule has 2 heterocycles. The fourth-order valence-corrected chi connectivity index (χ4v) is 3.90. The lowest BCUT2D eigenvalue weighted by Gasteiger charge is -2.35. The third-order valence-electron chi connectivity index (χ3n) is 5.64. The van der Waals surface area contributed by atoms with Crippen LogP contribution in [0.5, 0.6) is 11.5 Å². The minimum Gasteiger partial charge on any atom is -0.497 e. The van der Waals surface area contributed by atoms with Crippen LogP contribution in [0.4, 0.5) is 16.3 Å². The van der Waals surface area contributed by atoms with E-state index < -0.39 is 5.60 Å². The average molecular weight is 521 g/mol. The molecule has 1 saturated heterocycles. The van der Waals surface area contributed by atoms with E-state index in [2.05, 4.69) is 25.5 Å². The third-order valence-corrected chi connectivity index (χ3v) is 5.82. The van der Waals surface area contributed by atoms with E-state index in [9.17, 15) is 4.79 Å². The molecule has 2 aromatic rings. The quantitative estimate of drug-likeness (QED) is 0.354. The van der Waals surface area contributed by atoms with Gasteiger partial charge < -0.3 is 29.7 Å². The smallest absolute Gasteiger partial charge is 0.410 e. The number of carbonyl (C=O) groups is 1. The molecule has 3 rings (SSSR count). The summed E-state index contributed by atoms with van der Waals surface area (Å²) in [5.41, 5.74) is 1.28. The molecule has 0 radical (unpaired) electrons. The minimum atomic E-state index is -0.473. The number of hydrogen-bond acceptors (Lipinski definition) is 9. The Hall–Kier alpha value is -2.98. The predicted molar refractivity (Wildman–Crippen MR) is 141 cm³/mol. The topological polar surface area (TPSA) is 101 Å². The Morgan fingerprint density at radius 3 is 2.33 bits per heavy atom. The van der Waals surface area contributed by atoms with Crippen molar-refractivity contribution in [1.29, 1.82) is 0 Å². The molecule has 1 aromatic carbocycles. The standard InChI is InChI=1S/C25H37ClN6O4/c1-25(2,3)36-24(33)32-11-9-31(10-12-32)8-6-7-27-22-18(17-29-23(26)30-22)16-28-19-13-20(34-4)15-21(14-19)35-5/h13-15,17,28H,6-12,16H2,1-5H3,(H,27,29,30). The van der Waals surface area contributed by atoms with Crippen LogP contribution in [0.2, 0.25) is 5.28 Å². The van der Waals surface area contributed by atoms with E-state index >= 15 is 0 Å². The summed E-state index contributed by atoms with van der Waals surface area (Å²) in [6.45, 7) is 10.8. The van der Waals surface area contributed by atoms with Gasteiger partial charge in [0.2, 0.25) is 5.28 Å². The maximum absolute atomic E-state index is 12.2. The van der Waals surface area contributed by atoms with Crippen molar-refractivity contribution in [2.75, 3.05) is 64.1 Å². The molecule has 10 nitrogen and oxygen atoms in total. The number of nitrogens with zero attached hydrogens (tertiary/aromatic N) is 4. The van der Waals surface area contributed by atoms with E-state index in [1.54, 1.807) is 25.3 Å². The van der Waals surface area contributed by atoms with Crippen LogP contribution in [-0.4, -0.2) is 85.0 Å². The second kappa shape index (κ2) is 12.8. The highest BCUT2D eigenvalue weighted by Gasteiger charge is 2.25. The van der Waals surface area contributed by atoms with Crippen LogP contribution in [-0.2, 0) is 11.3 Å². The largest absolute Gasteiger partial charge is 0.497 e. The molecule has 1 fully saturated rings. The number of nitrogens with one attached hydrogen (secondary N) is 2. The molecule has 0 saturated carbocycles. The molecular weight excluding hydrogens is 484 g/mol. The number of rotatable bonds is 10. The molecule has 0 unspecified atom stereocenters. The number of hydrogen-bond donors (Lipinski definition) is 2. The van der Waals surface area contributed by atoms with Crippen LogP contribution < -0.4 is 20.1 Å². The molecule has 1 amide bonds. The van der Waals surface area contributed by atoms with Crippen LogP contribution in [0.15, 0.2) is 24.4 Å². The average Bonchev–Trinajstić information content (AvgIpc) is 2.85. The van der Waals surface area contributed by atoms with E-state index in [0.717, 1.165) is 43.9 Å². The Kier molecular flexibility index (Phi) is 9.83. The van der Waals surface area contributed by atoms with Gasteiger partial charge in [-0.2, -0.15) is 0 Å². The van der Waals surface area contributed by atoms with E-state index in [1.165, 1.54) is 0 Å². The van der Waals surface area contributed by atoms with Gasteiger partial charge in [0, 0.05) is 74.9 Å². The Morgan fingerprint density at radius 1 is 1.06 bits per heavy atom. The zero-order chi connectivity index (χ0) is 26.1. The van der Waals surface area contributed by atoms with Gasteiger partial charge in [0.25, 0.3) is 0 Å². The summed E-state index contributed by atoms with van der Waals surface area (Å²) in [6.07, 6.45) is 2.41. The van der Waals surface area contributed by atoms with Crippen LogP contribution in [0.3, 0.4) is 0 Å². The Balaban J connectivity index is 1.46. The van der Waals surface area contributed by atoms with Gasteiger partial charge in [-0.25, -0.2) is 14.8 Å². The van der Waals surface area contributed by atoms with Gasteiger partial charge in [-0.1, -0.05) is 0 Å². The maximum atomic E-state index is 12.2. The highest BCUT2D eigenvalue weighted by molar-refractivity contribution is 6.28. The SMILES string of the molecule is COc1cc(NCc2cnc(Cl)nc2NCCCN2CCN(C(=O)OC(C)(C)C)CC2)cc(OC)c1. The molecule has 198 valence electrons. The van der Waals surface area contributed by atoms with Gasteiger partial charge in [0.05, 0.1) is 14.2 Å². The van der Waals surface area contributed by atoms with Crippen LogP contribution in [0, 0.1) is 0 Å². The molecular formula is C25H37ClN6O4. The second-order valence-corrected chi connectivity index (χ2v) is 9.90. The van der Waals surface area contributed by atoms with Crippen molar-refractivity contribution in [2.45, 2.75) is 39.3 Å². The van der Waals surface area contributed by atoms with Gasteiger partial charge in [-0.05, 0) is 45.3 Å². The van der Waals surface area contributed by atoms with E-state index in [1.807, 2.05) is 39.0 Å². The van der Waals surface area contributed by atoms with Crippen LogP contribution in [0.1, 0.15) is 32.8 Å². The lowest BCUT2D eigenvalue weighted by molar-refractivity contribution is 0.0145. The lowest BCUT2D eigenvalue weighted by atomic mass is 10.2. The molecule has 36 heavy (non-hydrogen) atoms. The Bertz CT molecular complexity index is 986. The van der Waals surface area contributed by atoms with Crippen molar-refractivity contribution in [3.05, 3.63) is 35.2 Å². The number of halogens is 1. The molecule has 2 N–H and O–H groups in total. The number of anilines is 2. The van der Waals surface area contributed by atoms with Crippen molar-refractivity contribution < 1.29 is 19.0 Å². The first-order valence-corrected chi connectivity index (χ1v) is 12.5. The zero-order valence-corrected chi connectivity index (χ0v) is 22.5. The van der Waals surface area contributed by atoms with Gasteiger partial charge >= 0.3 is 6.09 Å². The number of piperazine rings is 1. The van der Waals surface area contributed by atoms with Crippen LogP contribution >= 0.6 is 11.6 Å². The van der Waals surface area contributed by atoms with E-state index in [-0.39, 0.29) is 11.4 Å². The number of methoxy groups -OCH3 is 2. The Morgan fingerprint density at radius 2 is 1.72 bits per heavy atom. The minimum absolute atomic E-state index is 0.197. The van der Waals surface area contributed by atoms with E-state index in [0.29, 0.717) is 37.0 Å². The van der Waals surface area contributed by atoms with Gasteiger partial charge in [0.15, 0.2) is 0 Å². The first-order valence-electron chi connectivity index (χ1n) is 12.1. The summed E-state index contributed by atoms with van der Waals surface area (Å²) in [6, 6.07) is 5.62. The number of benzene rings is 1. The van der Waals surface area contributed by atoms with Crippen molar-refractivity contribution in [1.82, 2.24) is 19.8 Å². The fraction of sp³-hybridized carbons (Fsp3) is 0.560. The van der Waals surface area contributed by atoms with Crippen LogP contribution in [0.25, 0.3) is 0 Å². The lowest BCUT2D eigenvalue weighted by Crippen LogP contribution is -2.50. The molecule has 1 aliphatic rings. The van der Waals surface area contributed by atoms with Crippen molar-refractivity contribution in [3.8, 4) is 11.5 Å². The van der Waals surface area contributed by atoms with Gasteiger partial charge in [0.1, 0.15) is 22.9 Å². The predicted octanol–water partition coefficient (Wildman–Crippen LogP) is 4.11. The molecule has 1 aliphatic heterocycles. The fourth-order valence-electron chi connectivity index (χ4n) is 3.76. The monoisotopic (exact) mass is 520 g/mol. The summed E-state index contributed by atoms with van der Waals surface area (Å²) in [4.78, 5) is 24.9. The Labute approximate surface area is 218 Å². The number of amides is 1. The highest BCUT2D eigenvalue weighted by Crippen LogP contribution is 2.26. The molecule has 11 heteroatoms. The summed E-state index contributed by atoms with van der Waals surface area (Å²) in [7, 11) is 3.24. The normalized spacial score (nSPS) is 14.3. The summed E-state index contributed by atoms with van der Waals surface area (Å²) >= 11 is 6.06. The number of ether oxygens (including phenoxy) is 3. The zero-order valence-electron chi connectivity index (χ0n) is 21.8. The summed E-state index contributed by atoms with van der Waals surface area (Å²) in [5.74, 6) is 2.11. The van der Waals surface area contributed by atoms with Crippen molar-refractivity contribution in [2.24, 2.45) is 0 Å². The summed E-state index contributed by atoms with van der Waals surface area (Å²) < 4.78 is 16.1. The number of aromatic nitrogens is 2.